The van der Waals surface area contributed by atoms with Crippen molar-refractivity contribution >= 4 is 29.6 Å². The van der Waals surface area contributed by atoms with Crippen molar-refractivity contribution in [2.24, 2.45) is 5.10 Å². The van der Waals surface area contributed by atoms with Crippen LogP contribution < -0.4 is 0 Å². The molecule has 0 radical (unpaired) electrons. The summed E-state index contributed by atoms with van der Waals surface area (Å²) < 4.78 is 1.76. The molecule has 3 aromatic rings. The highest BCUT2D eigenvalue weighted by Gasteiger charge is 2.13. The first-order chi connectivity index (χ1) is 11.3. The van der Waals surface area contributed by atoms with Crippen LogP contribution in [0.2, 0.25) is 5.02 Å². The summed E-state index contributed by atoms with van der Waals surface area (Å²) in [6.45, 7) is 2.07. The van der Waals surface area contributed by atoms with Crippen molar-refractivity contribution in [3.8, 4) is 11.4 Å². The number of hydrogen-bond acceptors (Lipinski definition) is 4. The molecule has 0 atom stereocenters. The average Bonchev–Trinajstić information content (AvgIpc) is 2.98. The maximum atomic E-state index is 6.19. The number of aromatic nitrogens is 3. The summed E-state index contributed by atoms with van der Waals surface area (Å²) in [6.07, 6.45) is 1.73. The van der Waals surface area contributed by atoms with Gasteiger partial charge in [0.05, 0.1) is 6.21 Å². The number of rotatable bonds is 5. The van der Waals surface area contributed by atoms with Gasteiger partial charge in [-0.3, -0.25) is 0 Å². The van der Waals surface area contributed by atoms with Gasteiger partial charge < -0.3 is 0 Å². The van der Waals surface area contributed by atoms with Crippen molar-refractivity contribution in [2.45, 2.75) is 12.1 Å². The Labute approximate surface area is 144 Å². The summed E-state index contributed by atoms with van der Waals surface area (Å²) >= 11 is 7.78. The van der Waals surface area contributed by atoms with Crippen LogP contribution in [0, 0.1) is 0 Å². The zero-order chi connectivity index (χ0) is 16.1. The van der Waals surface area contributed by atoms with Crippen molar-refractivity contribution in [3.05, 3.63) is 65.2 Å². The highest BCUT2D eigenvalue weighted by atomic mass is 35.5. The van der Waals surface area contributed by atoms with Gasteiger partial charge >= 0.3 is 0 Å². The number of thioether (sulfide) groups is 1. The van der Waals surface area contributed by atoms with Crippen LogP contribution in [0.15, 0.2) is 64.9 Å². The van der Waals surface area contributed by atoms with Gasteiger partial charge in [-0.1, -0.05) is 78.8 Å². The van der Waals surface area contributed by atoms with E-state index in [1.807, 2.05) is 54.6 Å². The fourth-order valence-electron chi connectivity index (χ4n) is 2.06. The lowest BCUT2D eigenvalue weighted by molar-refractivity contribution is 0.773. The molecule has 0 bridgehead atoms. The van der Waals surface area contributed by atoms with Crippen molar-refractivity contribution in [1.82, 2.24) is 14.9 Å². The zero-order valence-corrected chi connectivity index (χ0v) is 14.1. The van der Waals surface area contributed by atoms with E-state index in [1.165, 1.54) is 0 Å². The van der Waals surface area contributed by atoms with Gasteiger partial charge in [0, 0.05) is 16.1 Å². The minimum absolute atomic E-state index is 0.662. The summed E-state index contributed by atoms with van der Waals surface area (Å²) in [5.41, 5.74) is 1.83. The minimum Gasteiger partial charge on any atom is -0.187 e. The van der Waals surface area contributed by atoms with Crippen molar-refractivity contribution in [1.29, 1.82) is 0 Å². The monoisotopic (exact) mass is 342 g/mol. The quantitative estimate of drug-likeness (QED) is 0.503. The summed E-state index contributed by atoms with van der Waals surface area (Å²) in [4.78, 5) is 0. The lowest BCUT2D eigenvalue weighted by Crippen LogP contribution is -1.97. The third kappa shape index (κ3) is 3.63. The van der Waals surface area contributed by atoms with E-state index < -0.39 is 0 Å². The molecule has 0 fully saturated rings. The molecule has 0 N–H and O–H groups in total. The van der Waals surface area contributed by atoms with Gasteiger partial charge in [-0.15, -0.1) is 10.2 Å². The maximum absolute atomic E-state index is 6.19. The van der Waals surface area contributed by atoms with Gasteiger partial charge in [-0.25, -0.2) is 0 Å². The van der Waals surface area contributed by atoms with Gasteiger partial charge in [0.15, 0.2) is 5.82 Å². The Kier molecular flexibility index (Phi) is 5.10. The molecule has 4 nitrogen and oxygen atoms in total. The molecular formula is C17H15ClN4S. The second-order valence-corrected chi connectivity index (χ2v) is 6.32. The first kappa shape index (κ1) is 15.8. The lowest BCUT2D eigenvalue weighted by atomic mass is 10.2. The SMILES string of the molecule is CCSc1nnc(-c2ccccc2)n1N=Cc1ccccc1Cl. The first-order valence-electron chi connectivity index (χ1n) is 7.22. The average molecular weight is 343 g/mol. The molecular weight excluding hydrogens is 328 g/mol. The van der Waals surface area contributed by atoms with Crippen LogP contribution in [0.1, 0.15) is 12.5 Å². The van der Waals surface area contributed by atoms with Gasteiger partial charge in [0.1, 0.15) is 0 Å². The molecule has 0 spiro atoms. The minimum atomic E-state index is 0.662. The molecule has 0 aliphatic heterocycles. The summed E-state index contributed by atoms with van der Waals surface area (Å²) in [5, 5.41) is 14.5. The van der Waals surface area contributed by atoms with Crippen LogP contribution in [0.25, 0.3) is 11.4 Å². The molecule has 0 amide bonds. The van der Waals surface area contributed by atoms with E-state index in [-0.39, 0.29) is 0 Å². The first-order valence-corrected chi connectivity index (χ1v) is 8.58. The molecule has 1 aromatic heterocycles. The molecule has 0 aliphatic carbocycles. The Balaban J connectivity index is 2.03. The van der Waals surface area contributed by atoms with Crippen LogP contribution in [0.5, 0.6) is 0 Å². The highest BCUT2D eigenvalue weighted by molar-refractivity contribution is 7.99. The predicted molar refractivity (Wildman–Crippen MR) is 96.3 cm³/mol. The molecule has 2 aromatic carbocycles. The highest BCUT2D eigenvalue weighted by Crippen LogP contribution is 2.23. The third-order valence-corrected chi connectivity index (χ3v) is 4.28. The normalized spacial score (nSPS) is 11.2. The second kappa shape index (κ2) is 7.44. The zero-order valence-electron chi connectivity index (χ0n) is 12.6. The topological polar surface area (TPSA) is 43.1 Å². The third-order valence-electron chi connectivity index (χ3n) is 3.14. The summed E-state index contributed by atoms with van der Waals surface area (Å²) in [5.74, 6) is 1.61. The Bertz CT molecular complexity index is 814. The van der Waals surface area contributed by atoms with Crippen molar-refractivity contribution in [2.75, 3.05) is 5.75 Å². The fraction of sp³-hybridized carbons (Fsp3) is 0.118. The van der Waals surface area contributed by atoms with Crippen LogP contribution >= 0.6 is 23.4 Å². The van der Waals surface area contributed by atoms with Crippen LogP contribution in [-0.2, 0) is 0 Å². The number of nitrogens with zero attached hydrogens (tertiary/aromatic N) is 4. The van der Waals surface area contributed by atoms with Gasteiger partial charge in [0.2, 0.25) is 5.16 Å². The Morgan fingerprint density at radius 2 is 1.83 bits per heavy atom. The maximum Gasteiger partial charge on any atom is 0.212 e. The van der Waals surface area contributed by atoms with E-state index in [0.29, 0.717) is 10.8 Å². The molecule has 0 saturated carbocycles. The largest absolute Gasteiger partial charge is 0.212 e. The number of hydrogen-bond donors (Lipinski definition) is 0. The van der Waals surface area contributed by atoms with E-state index in [0.717, 1.165) is 22.0 Å². The molecule has 116 valence electrons. The lowest BCUT2D eigenvalue weighted by Gasteiger charge is -2.04. The molecule has 0 saturated heterocycles. The predicted octanol–water partition coefficient (Wildman–Crippen LogP) is 4.59. The smallest absolute Gasteiger partial charge is 0.187 e. The Morgan fingerprint density at radius 1 is 1.09 bits per heavy atom. The second-order valence-electron chi connectivity index (χ2n) is 4.68. The van der Waals surface area contributed by atoms with Gasteiger partial charge in [-0.2, -0.15) is 9.78 Å². The van der Waals surface area contributed by atoms with Crippen molar-refractivity contribution in [3.63, 3.8) is 0 Å². The standard InChI is InChI=1S/C17H15ClN4S/c1-2-23-17-21-20-16(13-8-4-3-5-9-13)22(17)19-12-14-10-6-7-11-15(14)18/h3-12H,2H2,1H3. The van der Waals surface area contributed by atoms with E-state index in [1.54, 1.807) is 22.7 Å². The Morgan fingerprint density at radius 3 is 2.57 bits per heavy atom. The number of benzene rings is 2. The molecule has 6 heteroatoms. The van der Waals surface area contributed by atoms with Crippen LogP contribution in [0.3, 0.4) is 0 Å². The number of halogens is 1. The van der Waals surface area contributed by atoms with E-state index in [4.69, 9.17) is 11.6 Å². The van der Waals surface area contributed by atoms with Crippen LogP contribution in [0.4, 0.5) is 0 Å². The van der Waals surface area contributed by atoms with Gasteiger partial charge in [-0.05, 0) is 11.8 Å². The molecule has 0 aliphatic rings. The molecule has 0 unspecified atom stereocenters. The van der Waals surface area contributed by atoms with E-state index >= 15 is 0 Å². The fourth-order valence-corrected chi connectivity index (χ4v) is 2.85. The van der Waals surface area contributed by atoms with Gasteiger partial charge in [0.25, 0.3) is 0 Å². The molecule has 1 heterocycles. The summed E-state index contributed by atoms with van der Waals surface area (Å²) in [6, 6.07) is 17.5. The van der Waals surface area contributed by atoms with Crippen molar-refractivity contribution < 1.29 is 0 Å². The summed E-state index contributed by atoms with van der Waals surface area (Å²) in [7, 11) is 0. The van der Waals surface area contributed by atoms with E-state index in [9.17, 15) is 0 Å². The van der Waals surface area contributed by atoms with E-state index in [2.05, 4.69) is 22.2 Å². The molecule has 23 heavy (non-hydrogen) atoms. The molecule has 3 rings (SSSR count). The van der Waals surface area contributed by atoms with Crippen LogP contribution in [-0.4, -0.2) is 26.8 Å². The Hall–Kier alpha value is -2.11.